The van der Waals surface area contributed by atoms with Crippen LogP contribution < -0.4 is 15.8 Å². The zero-order valence-electron chi connectivity index (χ0n) is 28.0. The van der Waals surface area contributed by atoms with Crippen LogP contribution in [0.15, 0.2) is 70.7 Å². The first kappa shape index (κ1) is 33.7. The van der Waals surface area contributed by atoms with Gasteiger partial charge in [0.05, 0.1) is 35.3 Å². The molecule has 2 amide bonds. The number of aryl methyl sites for hydroxylation is 1. The van der Waals surface area contributed by atoms with E-state index in [0.29, 0.717) is 22.9 Å². The highest BCUT2D eigenvalue weighted by Gasteiger charge is 2.43. The number of carbonyl (C=O) groups is 2. The Kier molecular flexibility index (Phi) is 9.74. The van der Waals surface area contributed by atoms with Crippen molar-refractivity contribution in [3.05, 3.63) is 83.2 Å². The zero-order valence-corrected chi connectivity index (χ0v) is 28.8. The second-order valence-electron chi connectivity index (χ2n) is 12.6. The minimum Gasteiger partial charge on any atom is -0.480 e. The summed E-state index contributed by atoms with van der Waals surface area (Å²) in [6.07, 6.45) is -0.672. The molecule has 3 aromatic heterocycles. The van der Waals surface area contributed by atoms with Gasteiger partial charge in [0.2, 0.25) is 17.7 Å². The number of nitrogen functional groups attached to an aromatic ring is 1. The van der Waals surface area contributed by atoms with Crippen LogP contribution in [-0.2, 0) is 9.59 Å². The number of amides is 2. The van der Waals surface area contributed by atoms with E-state index in [-0.39, 0.29) is 42.6 Å². The minimum absolute atomic E-state index is 0.0532. The maximum atomic E-state index is 14.1. The number of ether oxygens (including phenoxy) is 1. The lowest BCUT2D eigenvalue weighted by Gasteiger charge is -2.29. The Morgan fingerprint density at radius 1 is 1.04 bits per heavy atom. The van der Waals surface area contributed by atoms with Gasteiger partial charge in [-0.3, -0.25) is 9.59 Å². The van der Waals surface area contributed by atoms with Crippen molar-refractivity contribution >= 4 is 29.0 Å². The molecule has 4 heterocycles. The summed E-state index contributed by atoms with van der Waals surface area (Å²) in [5.74, 6) is -0.478. The molecule has 1 unspecified atom stereocenters. The number of nitrogens with two attached hydrogens (primary N) is 1. The monoisotopic (exact) mass is 681 g/mol. The van der Waals surface area contributed by atoms with Gasteiger partial charge in [-0.2, -0.15) is 0 Å². The van der Waals surface area contributed by atoms with Gasteiger partial charge in [-0.25, -0.2) is 4.98 Å². The molecular weight excluding hydrogens is 643 g/mol. The smallest absolute Gasteiger partial charge is 0.243 e. The van der Waals surface area contributed by atoms with Gasteiger partial charge in [0, 0.05) is 36.2 Å². The molecule has 5 aromatic rings. The fraction of sp³-hybridized carbons (Fsp3) is 0.333. The van der Waals surface area contributed by atoms with E-state index in [1.54, 1.807) is 23.5 Å². The maximum absolute atomic E-state index is 14.1. The Hall–Kier alpha value is -5.14. The number of thiazole rings is 1. The van der Waals surface area contributed by atoms with E-state index in [1.165, 1.54) is 12.0 Å². The fourth-order valence-corrected chi connectivity index (χ4v) is 7.03. The van der Waals surface area contributed by atoms with Gasteiger partial charge in [0.15, 0.2) is 5.82 Å². The predicted octanol–water partition coefficient (Wildman–Crippen LogP) is 5.40. The fourth-order valence-electron chi connectivity index (χ4n) is 6.22. The third kappa shape index (κ3) is 7.03. The summed E-state index contributed by atoms with van der Waals surface area (Å²) in [7, 11) is 1.51. The number of rotatable bonds is 10. The second-order valence-corrected chi connectivity index (χ2v) is 13.5. The highest BCUT2D eigenvalue weighted by atomic mass is 32.1. The van der Waals surface area contributed by atoms with E-state index < -0.39 is 18.1 Å². The molecule has 0 radical (unpaired) electrons. The van der Waals surface area contributed by atoms with Crippen molar-refractivity contribution in [1.29, 1.82) is 0 Å². The number of likely N-dealkylation sites (tertiary alicyclic amines) is 1. The van der Waals surface area contributed by atoms with E-state index in [4.69, 9.17) is 15.0 Å². The van der Waals surface area contributed by atoms with Crippen LogP contribution in [0.3, 0.4) is 0 Å². The van der Waals surface area contributed by atoms with Gasteiger partial charge in [-0.1, -0.05) is 67.5 Å². The Balaban J connectivity index is 1.16. The first-order chi connectivity index (χ1) is 23.5. The molecule has 0 bridgehead atoms. The molecule has 4 N–H and O–H groups in total. The van der Waals surface area contributed by atoms with E-state index in [9.17, 15) is 14.7 Å². The third-order valence-electron chi connectivity index (χ3n) is 8.91. The normalized spacial score (nSPS) is 17.2. The van der Waals surface area contributed by atoms with Crippen LogP contribution in [0.1, 0.15) is 56.2 Å². The number of carbonyl (C=O) groups excluding carboxylic acids is 2. The van der Waals surface area contributed by atoms with Gasteiger partial charge in [0.1, 0.15) is 23.4 Å². The summed E-state index contributed by atoms with van der Waals surface area (Å²) in [6, 6.07) is 17.9. The number of anilines is 1. The number of hydrogen-bond donors (Lipinski definition) is 3. The minimum atomic E-state index is -0.825. The van der Waals surface area contributed by atoms with Crippen molar-refractivity contribution in [2.45, 2.75) is 58.2 Å². The Labute approximate surface area is 288 Å². The highest BCUT2D eigenvalue weighted by molar-refractivity contribution is 7.13. The lowest BCUT2D eigenvalue weighted by Crippen LogP contribution is -2.48. The predicted molar refractivity (Wildman–Crippen MR) is 186 cm³/mol. The van der Waals surface area contributed by atoms with Crippen molar-refractivity contribution in [3.63, 3.8) is 0 Å². The first-order valence-electron chi connectivity index (χ1n) is 16.1. The molecule has 0 spiro atoms. The number of nitrogens with one attached hydrogen (secondary N) is 1. The molecule has 0 aliphatic carbocycles. The number of aliphatic hydroxyl groups excluding tert-OH is 1. The average Bonchev–Trinajstić information content (AvgIpc) is 3.85. The number of methoxy groups -OCH3 is 1. The lowest BCUT2D eigenvalue weighted by atomic mass is 9.91. The van der Waals surface area contributed by atoms with Crippen LogP contribution in [0.4, 0.5) is 5.82 Å². The molecule has 12 nitrogen and oxygen atoms in total. The molecule has 1 fully saturated rings. The number of β-amino-alcohol motifs (C(OH)–C–C–N with tert-alkyl or cyclic N) is 1. The maximum Gasteiger partial charge on any atom is 0.243 e. The van der Waals surface area contributed by atoms with Crippen molar-refractivity contribution in [2.75, 3.05) is 19.4 Å². The molecular formula is C36H39N7O5S. The SMILES string of the molecule is COc1cc(-c2ccc(-c3cc(C(C(=O)N4C[C@H](O)C[C@H]4C(=O)N[C@@H](C)c4ccc(-c5scnc5C)cc4)C(C)C)on3)cc2)c(N)nn1. The van der Waals surface area contributed by atoms with E-state index in [1.807, 2.05) is 81.7 Å². The van der Waals surface area contributed by atoms with Crippen LogP contribution in [0.25, 0.3) is 32.8 Å². The Morgan fingerprint density at radius 2 is 1.73 bits per heavy atom. The number of aromatic nitrogens is 4. The summed E-state index contributed by atoms with van der Waals surface area (Å²) in [5.41, 5.74) is 13.7. The largest absolute Gasteiger partial charge is 0.480 e. The highest BCUT2D eigenvalue weighted by Crippen LogP contribution is 2.35. The summed E-state index contributed by atoms with van der Waals surface area (Å²) < 4.78 is 10.9. The third-order valence-corrected chi connectivity index (χ3v) is 9.89. The number of aliphatic hydroxyl groups is 1. The molecule has 1 aliphatic heterocycles. The van der Waals surface area contributed by atoms with Crippen LogP contribution >= 0.6 is 11.3 Å². The standard InChI is InChI=1S/C36H39N7O5S/c1-19(2)32(30-16-28(42-48-30)24-10-8-23(9-11-24)27-15-31(47-5)40-41-34(27)37)36(46)43-17-26(44)14-29(43)35(45)39-20(3)22-6-12-25(13-7-22)33-21(4)38-18-49-33/h6-13,15-16,18-20,26,29,32,44H,14,17H2,1-5H3,(H2,37,41)(H,39,45)/t20-,26+,29-,32?/m0/s1. The van der Waals surface area contributed by atoms with E-state index in [2.05, 4.69) is 25.7 Å². The van der Waals surface area contributed by atoms with Crippen LogP contribution in [0, 0.1) is 12.8 Å². The summed E-state index contributed by atoms with van der Waals surface area (Å²) >= 11 is 1.59. The molecule has 6 rings (SSSR count). The van der Waals surface area contributed by atoms with Gasteiger partial charge >= 0.3 is 0 Å². The topological polar surface area (TPSA) is 170 Å². The molecule has 1 saturated heterocycles. The van der Waals surface area contributed by atoms with Crippen molar-refractivity contribution < 1.29 is 24.0 Å². The van der Waals surface area contributed by atoms with Gasteiger partial charge in [0.25, 0.3) is 0 Å². The van der Waals surface area contributed by atoms with E-state index in [0.717, 1.165) is 32.8 Å². The molecule has 4 atom stereocenters. The van der Waals surface area contributed by atoms with Crippen LogP contribution in [-0.4, -0.2) is 68.0 Å². The summed E-state index contributed by atoms with van der Waals surface area (Å²) in [6.45, 7) is 7.77. The lowest BCUT2D eigenvalue weighted by molar-refractivity contribution is -0.141. The van der Waals surface area contributed by atoms with Gasteiger partial charge < -0.3 is 30.3 Å². The van der Waals surface area contributed by atoms with Gasteiger partial charge in [-0.15, -0.1) is 21.5 Å². The summed E-state index contributed by atoms with van der Waals surface area (Å²) in [5, 5.41) is 25.8. The molecule has 2 aromatic carbocycles. The zero-order chi connectivity index (χ0) is 34.8. The van der Waals surface area contributed by atoms with Crippen molar-refractivity contribution in [3.8, 4) is 38.7 Å². The molecule has 13 heteroatoms. The number of benzene rings is 2. The Morgan fingerprint density at radius 3 is 2.39 bits per heavy atom. The van der Waals surface area contributed by atoms with Gasteiger partial charge in [-0.05, 0) is 36.5 Å². The Bertz CT molecular complexity index is 1940. The number of hydrogen-bond acceptors (Lipinski definition) is 11. The van der Waals surface area contributed by atoms with Crippen molar-refractivity contribution in [1.82, 2.24) is 30.6 Å². The molecule has 49 heavy (non-hydrogen) atoms. The van der Waals surface area contributed by atoms with Crippen LogP contribution in [0.2, 0.25) is 0 Å². The molecule has 1 aliphatic rings. The van der Waals surface area contributed by atoms with Crippen LogP contribution in [0.5, 0.6) is 5.88 Å². The summed E-state index contributed by atoms with van der Waals surface area (Å²) in [4.78, 5) is 34.7. The molecule has 254 valence electrons. The average molecular weight is 682 g/mol. The second kappa shape index (κ2) is 14.1. The number of nitrogens with zero attached hydrogens (tertiary/aromatic N) is 5. The first-order valence-corrected chi connectivity index (χ1v) is 17.0. The quantitative estimate of drug-likeness (QED) is 0.173. The molecule has 0 saturated carbocycles. The van der Waals surface area contributed by atoms with Crippen molar-refractivity contribution in [2.24, 2.45) is 5.92 Å². The van der Waals surface area contributed by atoms with E-state index >= 15 is 0 Å².